The van der Waals surface area contributed by atoms with E-state index in [-0.39, 0.29) is 108 Å². The molecule has 35 N–H and O–H groups in total. The van der Waals surface area contributed by atoms with Gasteiger partial charge in [0.05, 0.1) is 31.8 Å². The fraction of sp³-hybridized carbons (Fsp3) is 0.598. The van der Waals surface area contributed by atoms with E-state index in [4.69, 9.17) is 39.8 Å². The zero-order chi connectivity index (χ0) is 107. The maximum atomic E-state index is 15.2. The van der Waals surface area contributed by atoms with Crippen LogP contribution in [0.1, 0.15) is 169 Å². The van der Waals surface area contributed by atoms with Gasteiger partial charge in [0.25, 0.3) is 0 Å². The van der Waals surface area contributed by atoms with Crippen molar-refractivity contribution in [2.24, 2.45) is 52.2 Å². The first-order valence-corrected chi connectivity index (χ1v) is 49.2. The number of fused-ring (bicyclic) bond motifs is 2. The number of guanidine groups is 1. The minimum Gasteiger partial charge on any atom is -0.480 e. The van der Waals surface area contributed by atoms with Gasteiger partial charge in [-0.05, 0) is 158 Å². The highest BCUT2D eigenvalue weighted by molar-refractivity contribution is 7.80. The first-order valence-electron chi connectivity index (χ1n) is 47.9. The molecular formula is C92H145N27O23S2. The van der Waals surface area contributed by atoms with Crippen molar-refractivity contribution >= 4 is 171 Å². The number of nitrogens with zero attached hydrogens (tertiary/aromatic N) is 1. The number of thiol groups is 2. The summed E-state index contributed by atoms with van der Waals surface area (Å²) >= 11 is 8.31. The van der Waals surface area contributed by atoms with E-state index >= 15 is 9.59 Å². The summed E-state index contributed by atoms with van der Waals surface area (Å²) in [5.41, 5.74) is 36.2. The van der Waals surface area contributed by atoms with Crippen LogP contribution in [-0.4, -0.2) is 315 Å². The molecule has 5 rings (SSSR count). The Morgan fingerprint density at radius 2 is 0.854 bits per heavy atom. The molecule has 1 aliphatic rings. The third-order valence-corrected chi connectivity index (χ3v) is 24.2. The van der Waals surface area contributed by atoms with Crippen LogP contribution in [-0.2, 0) is 109 Å². The van der Waals surface area contributed by atoms with Gasteiger partial charge in [0.2, 0.25) is 112 Å². The van der Waals surface area contributed by atoms with Crippen LogP contribution < -0.4 is 125 Å². The zero-order valence-corrected chi connectivity index (χ0v) is 84.0. The Kier molecular flexibility index (Phi) is 51.9. The number of aromatic nitrogens is 2. The molecule has 144 heavy (non-hydrogen) atoms. The standard InChI is InChI=1S/C92H145N27O23S2/c1-46(2)35-63(83(133)108-61(28-30-71(97)123)82(132)116-68(45-144)87(137)117-74(48(5)6)89(139)109-59(25-17-33-100-92(98)99)79(129)105-49(7)76(126)110-62(91(141)142)24-14-16-32-94)111-85(135)66(38-52-40-102-57-22-12-10-20-54(52)57)113-81(131)60(27-29-70(96)122)107-80(130)58(23-13-15-31-93)106-84(134)64(36-47(3)4)114-90(140)75(50(8)121)118-88(138)69-26-18-34-119(69)73(125)42-103-72(124)41-104-78(128)65(37-51-39-101-56-21-11-9-19-53(51)56)112-86(136)67(43-120)115-77(127)55(95)44-143/h9-12,19-22,39-40,46-50,55,58-69,74-75,101-102,120-121,143-144H,13-18,23-38,41-45,93-95H2,1-8H3,(H2,96,122)(H2,97,123)(H,103,124)(H,104,128)(H,105,129)(H,106,134)(H,107,130)(H,108,133)(H,109,139)(H,110,126)(H,111,135)(H,112,136)(H,113,131)(H,114,140)(H,115,127)(H,116,132)(H,117,137)(H,118,138)(H,141,142)(H4,98,99,100)/t49-,50+,55-,58-,59-,60-,61-,62-,63-,64-,65-,66-,67-,68-,69-,74-,75-/m0/s1. The van der Waals surface area contributed by atoms with Crippen LogP contribution in [0.15, 0.2) is 60.9 Å². The van der Waals surface area contributed by atoms with Gasteiger partial charge in [-0.25, -0.2) is 4.79 Å². The molecule has 50 nitrogen and oxygen atoms in total. The van der Waals surface area contributed by atoms with E-state index in [1.54, 1.807) is 102 Å². The van der Waals surface area contributed by atoms with Crippen molar-refractivity contribution < 1.29 is 111 Å². The molecule has 52 heteroatoms. The highest BCUT2D eigenvalue weighted by atomic mass is 32.1. The number of carboxylic acids is 1. The molecule has 0 unspecified atom stereocenters. The lowest BCUT2D eigenvalue weighted by atomic mass is 9.99. The average Bonchev–Trinajstić information content (AvgIpc) is 1.68. The molecule has 1 saturated heterocycles. The predicted molar refractivity (Wildman–Crippen MR) is 535 cm³/mol. The number of H-pyrrole nitrogens is 2. The van der Waals surface area contributed by atoms with E-state index in [9.17, 15) is 102 Å². The number of rotatable bonds is 65. The van der Waals surface area contributed by atoms with Crippen LogP contribution in [0, 0.1) is 23.2 Å². The third-order valence-electron chi connectivity index (χ3n) is 23.5. The van der Waals surface area contributed by atoms with Gasteiger partial charge >= 0.3 is 5.97 Å². The lowest BCUT2D eigenvalue weighted by molar-refractivity contribution is -0.142. The molecule has 2 aromatic heterocycles. The van der Waals surface area contributed by atoms with Crippen LogP contribution in [0.2, 0.25) is 0 Å². The lowest BCUT2D eigenvalue weighted by Gasteiger charge is -2.30. The van der Waals surface area contributed by atoms with Gasteiger partial charge < -0.3 is 155 Å². The number of primary amides is 2. The topological polar surface area (TPSA) is 821 Å². The summed E-state index contributed by atoms with van der Waals surface area (Å²) in [6, 6.07) is -10.1. The summed E-state index contributed by atoms with van der Waals surface area (Å²) in [6.07, 6.45) is 0.129. The largest absolute Gasteiger partial charge is 0.480 e. The summed E-state index contributed by atoms with van der Waals surface area (Å²) < 4.78 is 0. The zero-order valence-electron chi connectivity index (χ0n) is 82.2. The number of likely N-dealkylation sites (tertiary alicyclic amines) is 1. The van der Waals surface area contributed by atoms with Gasteiger partial charge in [0.1, 0.15) is 90.6 Å². The summed E-state index contributed by atoms with van der Waals surface area (Å²) in [6.45, 7) is 10.5. The second kappa shape index (κ2) is 61.6. The van der Waals surface area contributed by atoms with Crippen molar-refractivity contribution in [3.63, 3.8) is 0 Å². The first-order chi connectivity index (χ1) is 68.1. The maximum absolute atomic E-state index is 15.2. The maximum Gasteiger partial charge on any atom is 0.326 e. The number of aliphatic carboxylic acids is 1. The number of hydrogen-bond donors (Lipinski definition) is 31. The lowest BCUT2D eigenvalue weighted by Crippen LogP contribution is -2.62. The Morgan fingerprint density at radius 1 is 0.444 bits per heavy atom. The van der Waals surface area contributed by atoms with Crippen LogP contribution in [0.4, 0.5) is 0 Å². The Labute approximate surface area is 844 Å². The Balaban J connectivity index is 1.33. The number of carboxylic acid groups (broad SMARTS) is 1. The van der Waals surface area contributed by atoms with Gasteiger partial charge in [-0.15, -0.1) is 0 Å². The molecule has 798 valence electrons. The van der Waals surface area contributed by atoms with E-state index in [2.05, 4.69) is 126 Å². The van der Waals surface area contributed by atoms with Crippen molar-refractivity contribution in [3.05, 3.63) is 72.1 Å². The van der Waals surface area contributed by atoms with Crippen molar-refractivity contribution in [2.75, 3.05) is 57.4 Å². The molecule has 19 amide bonds. The number of hydrogen-bond acceptors (Lipinski definition) is 28. The fourth-order valence-electron chi connectivity index (χ4n) is 15.6. The SMILES string of the molecule is CC(C)C[C@H](NC(=O)[C@H](Cc1c[nH]c2ccccc12)NC(=O)[C@H](CCC(N)=O)NC(=O)[C@H](CCCCN)NC(=O)[C@H](CC(C)C)NC(=O)[C@@H](NC(=O)[C@@H]1CCCN1C(=O)CNC(=O)CNC(=O)[C@H](Cc1c[nH]c2ccccc12)NC(=O)[C@H](CO)NC(=O)[C@@H](N)CS)[C@@H](C)O)C(=O)N[C@@H](CCC(N)=O)C(=O)N[C@@H](CS)C(=O)N[C@H](C(=O)N[C@@H](CCCNC(=N)N)C(=O)N[C@@H](C)C(=O)N[C@@H](CCCCN)C(=O)O)C(C)C. The Bertz CT molecular complexity index is 5080. The second-order valence-electron chi connectivity index (χ2n) is 36.5. The Morgan fingerprint density at radius 3 is 1.32 bits per heavy atom. The number of aromatic amines is 2. The summed E-state index contributed by atoms with van der Waals surface area (Å²) in [4.78, 5) is 285. The van der Waals surface area contributed by atoms with Gasteiger partial charge in [0, 0.05) is 84.5 Å². The van der Waals surface area contributed by atoms with Gasteiger partial charge in [-0.3, -0.25) is 96.5 Å². The van der Waals surface area contributed by atoms with Crippen LogP contribution in [0.3, 0.4) is 0 Å². The van der Waals surface area contributed by atoms with Gasteiger partial charge in [-0.1, -0.05) is 77.9 Å². The molecule has 0 spiro atoms. The van der Waals surface area contributed by atoms with E-state index in [1.807, 2.05) is 0 Å². The molecule has 1 aliphatic heterocycles. The average molecular weight is 2060 g/mol. The van der Waals surface area contributed by atoms with E-state index < -0.39 is 290 Å². The molecule has 0 bridgehead atoms. The number of benzene rings is 2. The van der Waals surface area contributed by atoms with E-state index in [1.165, 1.54) is 13.8 Å². The molecule has 0 aliphatic carbocycles. The monoisotopic (exact) mass is 2060 g/mol. The van der Waals surface area contributed by atoms with Crippen molar-refractivity contribution in [1.29, 1.82) is 5.41 Å². The summed E-state index contributed by atoms with van der Waals surface area (Å²) in [7, 11) is 0. The van der Waals surface area contributed by atoms with Crippen molar-refractivity contribution in [2.45, 2.75) is 274 Å². The Hall–Kier alpha value is -13.3. The first kappa shape index (κ1) is 121. The van der Waals surface area contributed by atoms with Gasteiger partial charge in [-0.2, -0.15) is 25.3 Å². The van der Waals surface area contributed by atoms with Crippen LogP contribution in [0.5, 0.6) is 0 Å². The number of unbranched alkanes of at least 4 members (excludes halogenated alkanes) is 2. The highest BCUT2D eigenvalue weighted by Crippen LogP contribution is 2.24. The van der Waals surface area contributed by atoms with E-state index in [0.29, 0.717) is 52.2 Å². The van der Waals surface area contributed by atoms with Gasteiger partial charge in [0.15, 0.2) is 5.96 Å². The fourth-order valence-corrected chi connectivity index (χ4v) is 16.0. The number of amides is 19. The third kappa shape index (κ3) is 40.5. The van der Waals surface area contributed by atoms with E-state index in [0.717, 1.165) is 4.90 Å². The number of nitrogens with two attached hydrogens (primary N) is 6. The summed E-state index contributed by atoms with van der Waals surface area (Å²) in [5.74, 6) is -21.9. The molecule has 3 heterocycles. The predicted octanol–water partition coefficient (Wildman–Crippen LogP) is -7.09. The number of aliphatic hydroxyl groups is 2. The molecule has 1 fully saturated rings. The molecular weight excluding hydrogens is 1920 g/mol. The van der Waals surface area contributed by atoms with Crippen LogP contribution >= 0.6 is 25.3 Å². The normalized spacial score (nSPS) is 15.7. The molecule has 0 saturated carbocycles. The number of para-hydroxylation sites is 2. The molecule has 0 radical (unpaired) electrons. The smallest absolute Gasteiger partial charge is 0.326 e. The van der Waals surface area contributed by atoms with Crippen molar-refractivity contribution in [3.8, 4) is 0 Å². The minimum atomic E-state index is -1.80. The minimum absolute atomic E-state index is 0.00646. The highest BCUT2D eigenvalue weighted by Gasteiger charge is 2.42. The summed E-state index contributed by atoms with van der Waals surface area (Å²) in [5, 5.41) is 82.7. The molecule has 17 atom stereocenters. The number of carbonyl (C=O) groups excluding carboxylic acids is 19. The molecule has 4 aromatic rings. The van der Waals surface area contributed by atoms with Crippen LogP contribution in [0.25, 0.3) is 21.8 Å². The quantitative estimate of drug-likeness (QED) is 0.00845. The number of carbonyl (C=O) groups is 20. The number of nitrogens with one attached hydrogen (secondary N) is 20. The molecule has 2 aromatic carbocycles. The number of aliphatic hydroxyl groups excluding tert-OH is 2. The van der Waals surface area contributed by atoms with Crippen molar-refractivity contribution in [1.82, 2.24) is 105 Å². The second-order valence-corrected chi connectivity index (χ2v) is 37.3.